The van der Waals surface area contributed by atoms with Crippen LogP contribution in [0.25, 0.3) is 0 Å². The largest absolute Gasteiger partial charge is 0.507 e. The van der Waals surface area contributed by atoms with Crippen molar-refractivity contribution < 1.29 is 24.9 Å². The van der Waals surface area contributed by atoms with Crippen molar-refractivity contribution in [3.63, 3.8) is 0 Å². The molecule has 0 saturated carbocycles. The SMILES string of the molecule is COc1cc(/C=N/NC(=O)c2cc(Cl)ccc2O)cc(O)c1O. The molecule has 0 saturated heterocycles. The number of methoxy groups -OCH3 is 1. The van der Waals surface area contributed by atoms with Crippen molar-refractivity contribution in [3.8, 4) is 23.0 Å². The lowest BCUT2D eigenvalue weighted by Crippen LogP contribution is -2.17. The molecule has 0 aliphatic heterocycles. The number of carbonyl (C=O) groups is 1. The number of nitrogens with one attached hydrogen (secondary N) is 1. The fraction of sp³-hybridized carbons (Fsp3) is 0.0667. The van der Waals surface area contributed by atoms with Gasteiger partial charge in [0, 0.05) is 10.6 Å². The highest BCUT2D eigenvalue weighted by Gasteiger charge is 2.11. The van der Waals surface area contributed by atoms with E-state index in [1.807, 2.05) is 0 Å². The molecular formula is C15H13ClN2O5. The first-order valence-electron chi connectivity index (χ1n) is 6.34. The van der Waals surface area contributed by atoms with Gasteiger partial charge in [0.15, 0.2) is 11.5 Å². The molecule has 0 radical (unpaired) electrons. The number of hydrogen-bond acceptors (Lipinski definition) is 6. The number of hydrogen-bond donors (Lipinski definition) is 4. The summed E-state index contributed by atoms with van der Waals surface area (Å²) in [6.07, 6.45) is 1.24. The zero-order chi connectivity index (χ0) is 17.0. The van der Waals surface area contributed by atoms with Gasteiger partial charge in [0.1, 0.15) is 5.75 Å². The normalized spacial score (nSPS) is 10.7. The predicted molar refractivity (Wildman–Crippen MR) is 84.5 cm³/mol. The maximum absolute atomic E-state index is 11.9. The molecule has 23 heavy (non-hydrogen) atoms. The first-order valence-corrected chi connectivity index (χ1v) is 6.72. The van der Waals surface area contributed by atoms with Crippen LogP contribution in [0.1, 0.15) is 15.9 Å². The Bertz CT molecular complexity index is 777. The molecule has 7 nitrogen and oxygen atoms in total. The predicted octanol–water partition coefficient (Wildman–Crippen LogP) is 2.23. The van der Waals surface area contributed by atoms with E-state index in [-0.39, 0.29) is 22.8 Å². The Morgan fingerprint density at radius 3 is 2.65 bits per heavy atom. The Balaban J connectivity index is 2.14. The number of rotatable bonds is 4. The van der Waals surface area contributed by atoms with Gasteiger partial charge in [0.25, 0.3) is 5.91 Å². The Labute approximate surface area is 136 Å². The monoisotopic (exact) mass is 336 g/mol. The number of ether oxygens (including phenoxy) is 1. The molecule has 0 aliphatic carbocycles. The summed E-state index contributed by atoms with van der Waals surface area (Å²) in [5.74, 6) is -1.60. The molecule has 1 amide bonds. The van der Waals surface area contributed by atoms with Crippen molar-refractivity contribution in [2.45, 2.75) is 0 Å². The van der Waals surface area contributed by atoms with Crippen LogP contribution >= 0.6 is 11.6 Å². The number of amides is 1. The molecule has 0 heterocycles. The summed E-state index contributed by atoms with van der Waals surface area (Å²) in [5.41, 5.74) is 2.57. The maximum atomic E-state index is 11.9. The number of aromatic hydroxyl groups is 3. The molecule has 2 rings (SSSR count). The van der Waals surface area contributed by atoms with E-state index in [1.165, 1.54) is 43.7 Å². The summed E-state index contributed by atoms with van der Waals surface area (Å²) in [5, 5.41) is 32.7. The van der Waals surface area contributed by atoms with Crippen LogP contribution in [0.2, 0.25) is 5.02 Å². The molecule has 0 spiro atoms. The van der Waals surface area contributed by atoms with Crippen LogP contribution in [-0.2, 0) is 0 Å². The molecule has 2 aromatic carbocycles. The van der Waals surface area contributed by atoms with Crippen LogP contribution in [0.4, 0.5) is 0 Å². The molecule has 4 N–H and O–H groups in total. The van der Waals surface area contributed by atoms with Gasteiger partial charge in [-0.3, -0.25) is 4.79 Å². The zero-order valence-corrected chi connectivity index (χ0v) is 12.7. The molecule has 2 aromatic rings. The number of nitrogens with zero attached hydrogens (tertiary/aromatic N) is 1. The van der Waals surface area contributed by atoms with Crippen LogP contribution < -0.4 is 10.2 Å². The summed E-state index contributed by atoms with van der Waals surface area (Å²) in [4.78, 5) is 11.9. The maximum Gasteiger partial charge on any atom is 0.275 e. The Kier molecular flexibility index (Phi) is 4.92. The van der Waals surface area contributed by atoms with Gasteiger partial charge in [0.05, 0.1) is 18.9 Å². The van der Waals surface area contributed by atoms with E-state index in [4.69, 9.17) is 16.3 Å². The van der Waals surface area contributed by atoms with E-state index in [2.05, 4.69) is 10.5 Å². The lowest BCUT2D eigenvalue weighted by atomic mass is 10.2. The van der Waals surface area contributed by atoms with Crippen molar-refractivity contribution >= 4 is 23.7 Å². The Morgan fingerprint density at radius 2 is 1.96 bits per heavy atom. The Morgan fingerprint density at radius 1 is 1.22 bits per heavy atom. The second-order valence-corrected chi connectivity index (χ2v) is 4.89. The van der Waals surface area contributed by atoms with Crippen LogP contribution in [0.5, 0.6) is 23.0 Å². The van der Waals surface area contributed by atoms with Gasteiger partial charge in [-0.15, -0.1) is 0 Å². The number of phenolic OH excluding ortho intramolecular Hbond substituents is 3. The van der Waals surface area contributed by atoms with E-state index in [9.17, 15) is 20.1 Å². The zero-order valence-electron chi connectivity index (χ0n) is 11.9. The molecule has 0 bridgehead atoms. The molecular weight excluding hydrogens is 324 g/mol. The molecule has 120 valence electrons. The fourth-order valence-electron chi connectivity index (χ4n) is 1.76. The van der Waals surface area contributed by atoms with E-state index < -0.39 is 11.7 Å². The molecule has 0 unspecified atom stereocenters. The van der Waals surface area contributed by atoms with Gasteiger partial charge in [-0.1, -0.05) is 11.6 Å². The Hall–Kier alpha value is -2.93. The third kappa shape index (κ3) is 3.83. The standard InChI is InChI=1S/C15H13ClN2O5/c1-23-13-5-8(4-12(20)14(13)21)7-17-18-15(22)10-6-9(16)2-3-11(10)19/h2-7,19-21H,1H3,(H,18,22)/b17-7+. The number of hydrazone groups is 1. The third-order valence-corrected chi connectivity index (χ3v) is 3.12. The third-order valence-electron chi connectivity index (χ3n) is 2.88. The van der Waals surface area contributed by atoms with Crippen LogP contribution in [0.3, 0.4) is 0 Å². The minimum Gasteiger partial charge on any atom is -0.507 e. The van der Waals surface area contributed by atoms with Gasteiger partial charge < -0.3 is 20.1 Å². The first-order chi connectivity index (χ1) is 10.9. The summed E-state index contributed by atoms with van der Waals surface area (Å²) >= 11 is 5.76. The molecule has 0 fully saturated rings. The average molecular weight is 337 g/mol. The van der Waals surface area contributed by atoms with Crippen molar-refractivity contribution in [2.24, 2.45) is 5.10 Å². The highest BCUT2D eigenvalue weighted by atomic mass is 35.5. The van der Waals surface area contributed by atoms with Crippen LogP contribution in [-0.4, -0.2) is 34.6 Å². The molecule has 8 heteroatoms. The van der Waals surface area contributed by atoms with Crippen LogP contribution in [0, 0.1) is 0 Å². The summed E-state index contributed by atoms with van der Waals surface area (Å²) in [6, 6.07) is 6.70. The van der Waals surface area contributed by atoms with Crippen molar-refractivity contribution in [1.82, 2.24) is 5.43 Å². The molecule has 0 aromatic heterocycles. The number of carbonyl (C=O) groups excluding carboxylic acids is 1. The smallest absolute Gasteiger partial charge is 0.275 e. The number of halogens is 1. The summed E-state index contributed by atoms with van der Waals surface area (Å²) in [7, 11) is 1.33. The van der Waals surface area contributed by atoms with E-state index in [0.29, 0.717) is 10.6 Å². The quantitative estimate of drug-likeness (QED) is 0.388. The van der Waals surface area contributed by atoms with Gasteiger partial charge >= 0.3 is 0 Å². The lowest BCUT2D eigenvalue weighted by molar-refractivity contribution is 0.0952. The fourth-order valence-corrected chi connectivity index (χ4v) is 1.93. The summed E-state index contributed by atoms with van der Waals surface area (Å²) < 4.78 is 4.89. The van der Waals surface area contributed by atoms with Crippen molar-refractivity contribution in [2.75, 3.05) is 7.11 Å². The lowest BCUT2D eigenvalue weighted by Gasteiger charge is -2.06. The summed E-state index contributed by atoms with van der Waals surface area (Å²) in [6.45, 7) is 0. The van der Waals surface area contributed by atoms with E-state index in [0.717, 1.165) is 0 Å². The van der Waals surface area contributed by atoms with Gasteiger partial charge in [0.2, 0.25) is 5.75 Å². The average Bonchev–Trinajstić information content (AvgIpc) is 2.52. The number of benzene rings is 2. The van der Waals surface area contributed by atoms with E-state index >= 15 is 0 Å². The highest BCUT2D eigenvalue weighted by Crippen LogP contribution is 2.35. The van der Waals surface area contributed by atoms with Crippen molar-refractivity contribution in [3.05, 3.63) is 46.5 Å². The molecule has 0 aliphatic rings. The minimum absolute atomic E-state index is 0.0271. The van der Waals surface area contributed by atoms with Gasteiger partial charge in [-0.05, 0) is 30.3 Å². The van der Waals surface area contributed by atoms with E-state index in [1.54, 1.807) is 0 Å². The van der Waals surface area contributed by atoms with Gasteiger partial charge in [-0.25, -0.2) is 5.43 Å². The van der Waals surface area contributed by atoms with Crippen LogP contribution in [0.15, 0.2) is 35.4 Å². The van der Waals surface area contributed by atoms with Gasteiger partial charge in [-0.2, -0.15) is 5.10 Å². The second-order valence-electron chi connectivity index (χ2n) is 4.45. The van der Waals surface area contributed by atoms with Crippen molar-refractivity contribution in [1.29, 1.82) is 0 Å². The second kappa shape index (κ2) is 6.89. The first kappa shape index (κ1) is 16.4. The topological polar surface area (TPSA) is 111 Å². The number of phenols is 3. The molecule has 0 atom stereocenters. The minimum atomic E-state index is -0.656. The highest BCUT2D eigenvalue weighted by molar-refractivity contribution is 6.31.